The van der Waals surface area contributed by atoms with E-state index in [4.69, 9.17) is 0 Å². The van der Waals surface area contributed by atoms with Crippen molar-refractivity contribution >= 4 is 35.3 Å². The molecule has 0 aromatic carbocycles. The molecule has 0 saturated carbocycles. The number of thioether (sulfide) groups is 3. The van der Waals surface area contributed by atoms with E-state index in [1.165, 1.54) is 210 Å². The Morgan fingerprint density at radius 3 is 0.625 bits per heavy atom. The summed E-state index contributed by atoms with van der Waals surface area (Å²) in [6.07, 6.45) is 43.4. The van der Waals surface area contributed by atoms with Gasteiger partial charge in [-0.15, -0.1) is 35.3 Å². The lowest BCUT2D eigenvalue weighted by Crippen LogP contribution is -1.92. The van der Waals surface area contributed by atoms with Gasteiger partial charge in [-0.3, -0.25) is 0 Å². The van der Waals surface area contributed by atoms with E-state index in [2.05, 4.69) is 56.1 Å². The first-order valence-electron chi connectivity index (χ1n) is 18.6. The number of hydrogen-bond donors (Lipinski definition) is 0. The van der Waals surface area contributed by atoms with Crippen molar-refractivity contribution in [2.75, 3.05) is 17.3 Å². The predicted molar refractivity (Wildman–Crippen MR) is 196 cm³/mol. The fraction of sp³-hybridized carbons (Fsp3) is 0.973. The van der Waals surface area contributed by atoms with Crippen LogP contribution in [-0.2, 0) is 0 Å². The molecule has 0 aromatic heterocycles. The Balaban J connectivity index is 3.89. The SMILES string of the molecule is CCCCCCCCCCCCS[C](SCCCCCCCCCCCC)SCCCCCCCCCCCC. The molecular formula is C37H75S3. The molecule has 0 N–H and O–H groups in total. The average Bonchev–Trinajstić information content (AvgIpc) is 2.97. The van der Waals surface area contributed by atoms with Gasteiger partial charge in [-0.1, -0.05) is 194 Å². The van der Waals surface area contributed by atoms with Gasteiger partial charge in [0.15, 0.2) is 0 Å². The summed E-state index contributed by atoms with van der Waals surface area (Å²) < 4.78 is 1.70. The second-order valence-electron chi connectivity index (χ2n) is 12.3. The van der Waals surface area contributed by atoms with E-state index in [9.17, 15) is 0 Å². The van der Waals surface area contributed by atoms with Gasteiger partial charge < -0.3 is 0 Å². The van der Waals surface area contributed by atoms with Gasteiger partial charge in [0, 0.05) is 0 Å². The molecule has 0 spiro atoms. The summed E-state index contributed by atoms with van der Waals surface area (Å²) in [6, 6.07) is 0. The highest BCUT2D eigenvalue weighted by molar-refractivity contribution is 8.36. The summed E-state index contributed by atoms with van der Waals surface area (Å²) in [7, 11) is 0. The highest BCUT2D eigenvalue weighted by atomic mass is 32.3. The van der Waals surface area contributed by atoms with Crippen molar-refractivity contribution in [2.45, 2.75) is 213 Å². The van der Waals surface area contributed by atoms with Crippen LogP contribution in [0.15, 0.2) is 0 Å². The summed E-state index contributed by atoms with van der Waals surface area (Å²) >= 11 is 6.61. The average molecular weight is 616 g/mol. The molecular weight excluding hydrogens is 541 g/mol. The zero-order valence-electron chi connectivity index (χ0n) is 28.1. The number of rotatable bonds is 36. The lowest BCUT2D eigenvalue weighted by molar-refractivity contribution is 0.563. The van der Waals surface area contributed by atoms with Crippen LogP contribution < -0.4 is 0 Å². The predicted octanol–water partition coefficient (Wildman–Crippen LogP) is 15.4. The van der Waals surface area contributed by atoms with E-state index in [0.29, 0.717) is 0 Å². The van der Waals surface area contributed by atoms with Crippen molar-refractivity contribution in [1.29, 1.82) is 0 Å². The van der Waals surface area contributed by atoms with Gasteiger partial charge in [-0.25, -0.2) is 0 Å². The van der Waals surface area contributed by atoms with Crippen LogP contribution in [0.4, 0.5) is 0 Å². The highest BCUT2D eigenvalue weighted by Crippen LogP contribution is 2.43. The van der Waals surface area contributed by atoms with E-state index in [1.807, 2.05) is 0 Å². The molecule has 0 unspecified atom stereocenters. The third-order valence-corrected chi connectivity index (χ3v) is 12.5. The Bertz CT molecular complexity index is 366. The topological polar surface area (TPSA) is 0 Å². The molecule has 0 atom stereocenters. The molecule has 40 heavy (non-hydrogen) atoms. The zero-order chi connectivity index (χ0) is 29.0. The van der Waals surface area contributed by atoms with Gasteiger partial charge in [0.2, 0.25) is 0 Å². The van der Waals surface area contributed by atoms with Crippen molar-refractivity contribution in [2.24, 2.45) is 0 Å². The maximum absolute atomic E-state index is 2.31. The van der Waals surface area contributed by atoms with Crippen LogP contribution >= 0.6 is 35.3 Å². The Morgan fingerprint density at radius 2 is 0.425 bits per heavy atom. The normalized spacial score (nSPS) is 11.7. The zero-order valence-corrected chi connectivity index (χ0v) is 30.5. The van der Waals surface area contributed by atoms with Crippen LogP contribution in [0.1, 0.15) is 213 Å². The lowest BCUT2D eigenvalue weighted by Gasteiger charge is -2.15. The minimum atomic E-state index is 1.35. The molecule has 0 aliphatic carbocycles. The van der Waals surface area contributed by atoms with Crippen LogP contribution in [0.3, 0.4) is 0 Å². The molecule has 0 aliphatic heterocycles. The minimum absolute atomic E-state index is 1.35. The molecule has 0 aromatic rings. The van der Waals surface area contributed by atoms with Crippen LogP contribution in [0.25, 0.3) is 0 Å². The standard InChI is InChI=1S/C37H75S3/c1-4-7-10-13-16-19-22-25-28-31-34-38-37(39-35-32-29-26-23-20-17-14-11-8-5-2)40-36-33-30-27-24-21-18-15-12-9-6-3/h4-36H2,1-3H3. The first-order chi connectivity index (χ1) is 19.8. The summed E-state index contributed by atoms with van der Waals surface area (Å²) in [5.41, 5.74) is 0. The van der Waals surface area contributed by atoms with Gasteiger partial charge in [0.1, 0.15) is 3.91 Å². The van der Waals surface area contributed by atoms with Crippen LogP contribution in [-0.4, -0.2) is 17.3 Å². The third-order valence-electron chi connectivity index (χ3n) is 8.15. The van der Waals surface area contributed by atoms with E-state index in [0.717, 1.165) is 0 Å². The third kappa shape index (κ3) is 35.2. The van der Waals surface area contributed by atoms with Gasteiger partial charge in [-0.05, 0) is 36.5 Å². The smallest absolute Gasteiger partial charge is 0.130 e. The summed E-state index contributed by atoms with van der Waals surface area (Å²) in [5.74, 6) is 4.05. The molecule has 0 rings (SSSR count). The minimum Gasteiger partial charge on any atom is -0.130 e. The van der Waals surface area contributed by atoms with E-state index in [-0.39, 0.29) is 0 Å². The first-order valence-corrected chi connectivity index (χ1v) is 21.6. The fourth-order valence-electron chi connectivity index (χ4n) is 5.36. The number of unbranched alkanes of at least 4 members (excludes halogenated alkanes) is 27. The van der Waals surface area contributed by atoms with Gasteiger partial charge in [-0.2, -0.15) is 0 Å². The van der Waals surface area contributed by atoms with Crippen molar-refractivity contribution in [3.8, 4) is 0 Å². The second kappa shape index (κ2) is 38.1. The van der Waals surface area contributed by atoms with E-state index < -0.39 is 0 Å². The molecule has 0 bridgehead atoms. The van der Waals surface area contributed by atoms with Gasteiger partial charge in [0.25, 0.3) is 0 Å². The maximum atomic E-state index is 2.31. The molecule has 0 aliphatic rings. The quantitative estimate of drug-likeness (QED) is 0.0643. The van der Waals surface area contributed by atoms with Crippen LogP contribution in [0.5, 0.6) is 0 Å². The molecule has 3 heteroatoms. The molecule has 0 fully saturated rings. The maximum Gasteiger partial charge on any atom is 0.140 e. The van der Waals surface area contributed by atoms with Gasteiger partial charge >= 0.3 is 0 Å². The Hall–Kier alpha value is 1.05. The molecule has 0 saturated heterocycles. The fourth-order valence-corrected chi connectivity index (χ4v) is 9.41. The molecule has 0 heterocycles. The van der Waals surface area contributed by atoms with Crippen molar-refractivity contribution < 1.29 is 0 Å². The Kier molecular flexibility index (Phi) is 39.1. The first kappa shape index (κ1) is 41.0. The van der Waals surface area contributed by atoms with Crippen molar-refractivity contribution in [1.82, 2.24) is 0 Å². The van der Waals surface area contributed by atoms with E-state index in [1.54, 1.807) is 3.91 Å². The van der Waals surface area contributed by atoms with Crippen LogP contribution in [0.2, 0.25) is 0 Å². The summed E-state index contributed by atoms with van der Waals surface area (Å²) in [4.78, 5) is 0. The molecule has 1 radical (unpaired) electrons. The number of hydrogen-bond acceptors (Lipinski definition) is 3. The second-order valence-corrected chi connectivity index (χ2v) is 16.4. The molecule has 0 amide bonds. The van der Waals surface area contributed by atoms with E-state index >= 15 is 0 Å². The largest absolute Gasteiger partial charge is 0.140 e. The van der Waals surface area contributed by atoms with Crippen molar-refractivity contribution in [3.05, 3.63) is 3.91 Å². The highest BCUT2D eigenvalue weighted by Gasteiger charge is 2.11. The van der Waals surface area contributed by atoms with Crippen molar-refractivity contribution in [3.63, 3.8) is 0 Å². The monoisotopic (exact) mass is 616 g/mol. The van der Waals surface area contributed by atoms with Crippen LogP contribution in [0, 0.1) is 3.91 Å². The summed E-state index contributed by atoms with van der Waals surface area (Å²) in [6.45, 7) is 6.94. The molecule has 241 valence electrons. The molecule has 0 nitrogen and oxygen atoms in total. The van der Waals surface area contributed by atoms with Gasteiger partial charge in [0.05, 0.1) is 0 Å². The Labute approximate surface area is 268 Å². The Morgan fingerprint density at radius 1 is 0.250 bits per heavy atom. The summed E-state index contributed by atoms with van der Waals surface area (Å²) in [5, 5.41) is 0. The lowest BCUT2D eigenvalue weighted by atomic mass is 10.1.